The monoisotopic (exact) mass is 328 g/mol. The summed E-state index contributed by atoms with van der Waals surface area (Å²) >= 11 is 3.90. The number of thioether (sulfide) groups is 2. The lowest BCUT2D eigenvalue weighted by Gasteiger charge is -2.37. The molecule has 1 aromatic heterocycles. The maximum absolute atomic E-state index is 6.10. The normalized spacial score (nSPS) is 29.3. The van der Waals surface area contributed by atoms with Gasteiger partial charge in [0.25, 0.3) is 0 Å². The van der Waals surface area contributed by atoms with Gasteiger partial charge in [0.15, 0.2) is 5.16 Å². The fraction of sp³-hybridized carbons (Fsp3) is 0.857. The molecule has 3 heterocycles. The minimum Gasteiger partial charge on any atom is -0.374 e. The third-order valence-corrected chi connectivity index (χ3v) is 6.68. The number of nitrogens with two attached hydrogens (primary N) is 1. The quantitative estimate of drug-likeness (QED) is 0.894. The molecule has 5 nitrogen and oxygen atoms in total. The third-order valence-electron chi connectivity index (χ3n) is 4.21. The molecule has 2 unspecified atom stereocenters. The van der Waals surface area contributed by atoms with E-state index in [2.05, 4.69) is 21.7 Å². The van der Waals surface area contributed by atoms with Gasteiger partial charge in [-0.2, -0.15) is 11.8 Å². The van der Waals surface area contributed by atoms with Crippen molar-refractivity contribution in [3.63, 3.8) is 0 Å². The molecule has 7 heteroatoms. The molecule has 0 amide bonds. The predicted octanol–water partition coefficient (Wildman–Crippen LogP) is 2.29. The number of hydrogen-bond acceptors (Lipinski definition) is 6. The van der Waals surface area contributed by atoms with Crippen molar-refractivity contribution < 1.29 is 4.74 Å². The Hall–Kier alpha value is -0.240. The smallest absolute Gasteiger partial charge is 0.191 e. The summed E-state index contributed by atoms with van der Waals surface area (Å²) in [7, 11) is 0. The van der Waals surface area contributed by atoms with Gasteiger partial charge in [0.1, 0.15) is 5.82 Å². The predicted molar refractivity (Wildman–Crippen MR) is 87.7 cm³/mol. The number of hydrogen-bond donors (Lipinski definition) is 1. The Kier molecular flexibility index (Phi) is 5.14. The summed E-state index contributed by atoms with van der Waals surface area (Å²) in [6.07, 6.45) is 4.52. The fourth-order valence-electron chi connectivity index (χ4n) is 3.10. The van der Waals surface area contributed by atoms with Gasteiger partial charge >= 0.3 is 0 Å². The second kappa shape index (κ2) is 6.89. The van der Waals surface area contributed by atoms with Gasteiger partial charge in [-0.15, -0.1) is 10.2 Å². The highest BCUT2D eigenvalue weighted by Gasteiger charge is 2.41. The molecule has 0 bridgehead atoms. The molecule has 0 aliphatic carbocycles. The van der Waals surface area contributed by atoms with E-state index in [9.17, 15) is 0 Å². The van der Waals surface area contributed by atoms with Crippen LogP contribution in [0.15, 0.2) is 5.16 Å². The topological polar surface area (TPSA) is 66.0 Å². The van der Waals surface area contributed by atoms with Gasteiger partial charge in [0, 0.05) is 24.2 Å². The zero-order chi connectivity index (χ0) is 14.7. The van der Waals surface area contributed by atoms with Crippen LogP contribution in [-0.4, -0.2) is 43.7 Å². The van der Waals surface area contributed by atoms with Gasteiger partial charge in [-0.3, -0.25) is 0 Å². The molecular weight excluding hydrogens is 304 g/mol. The summed E-state index contributed by atoms with van der Waals surface area (Å²) in [5.74, 6) is 3.29. The molecule has 2 saturated heterocycles. The minimum atomic E-state index is 0.132. The van der Waals surface area contributed by atoms with Crippen LogP contribution in [0, 0.1) is 0 Å². The first-order valence-electron chi connectivity index (χ1n) is 7.77. The Balaban J connectivity index is 1.69. The average molecular weight is 329 g/mol. The highest BCUT2D eigenvalue weighted by atomic mass is 32.2. The van der Waals surface area contributed by atoms with Crippen LogP contribution >= 0.6 is 23.5 Å². The van der Waals surface area contributed by atoms with E-state index in [1.165, 1.54) is 12.2 Å². The van der Waals surface area contributed by atoms with Crippen LogP contribution in [0.3, 0.4) is 0 Å². The summed E-state index contributed by atoms with van der Waals surface area (Å²) in [6, 6.07) is 0. The molecule has 118 valence electrons. The number of nitrogens with zero attached hydrogens (tertiary/aromatic N) is 3. The van der Waals surface area contributed by atoms with Crippen LogP contribution in [0.1, 0.15) is 38.4 Å². The standard InChI is InChI=1S/C14H24N4OS2/c1-2-5-18-12(9-15)16-17-13(18)21-11-3-6-19-14(8-11)4-7-20-10-14/h11H,2-10,15H2,1H3. The molecule has 2 aliphatic heterocycles. The van der Waals surface area contributed by atoms with Crippen LogP contribution < -0.4 is 5.73 Å². The molecule has 2 N–H and O–H groups in total. The zero-order valence-electron chi connectivity index (χ0n) is 12.6. The Morgan fingerprint density at radius 3 is 3.14 bits per heavy atom. The molecule has 2 fully saturated rings. The first-order valence-corrected chi connectivity index (χ1v) is 9.80. The van der Waals surface area contributed by atoms with Crippen molar-refractivity contribution in [1.29, 1.82) is 0 Å². The highest BCUT2D eigenvalue weighted by molar-refractivity contribution is 8.00. The average Bonchev–Trinajstić information content (AvgIpc) is 3.08. The van der Waals surface area contributed by atoms with Gasteiger partial charge in [0.2, 0.25) is 0 Å². The van der Waals surface area contributed by atoms with E-state index in [4.69, 9.17) is 10.5 Å². The van der Waals surface area contributed by atoms with E-state index in [0.29, 0.717) is 11.8 Å². The van der Waals surface area contributed by atoms with Crippen molar-refractivity contribution in [2.45, 2.75) is 61.7 Å². The molecule has 0 radical (unpaired) electrons. The molecule has 1 aromatic rings. The summed E-state index contributed by atoms with van der Waals surface area (Å²) in [4.78, 5) is 0. The Morgan fingerprint density at radius 1 is 1.52 bits per heavy atom. The summed E-state index contributed by atoms with van der Waals surface area (Å²) < 4.78 is 8.29. The van der Waals surface area contributed by atoms with Crippen molar-refractivity contribution in [2.24, 2.45) is 5.73 Å². The third kappa shape index (κ3) is 3.41. The fourth-order valence-corrected chi connectivity index (χ4v) is 5.79. The lowest BCUT2D eigenvalue weighted by atomic mass is 9.93. The van der Waals surface area contributed by atoms with Gasteiger partial charge in [0.05, 0.1) is 12.1 Å². The van der Waals surface area contributed by atoms with E-state index >= 15 is 0 Å². The van der Waals surface area contributed by atoms with Crippen LogP contribution in [0.25, 0.3) is 0 Å². The Bertz CT molecular complexity index is 474. The van der Waals surface area contributed by atoms with Gasteiger partial charge in [-0.25, -0.2) is 0 Å². The molecule has 0 aromatic carbocycles. The molecular formula is C14H24N4OS2. The maximum atomic E-state index is 6.10. The van der Waals surface area contributed by atoms with Crippen LogP contribution in [0.5, 0.6) is 0 Å². The van der Waals surface area contributed by atoms with E-state index in [1.54, 1.807) is 0 Å². The van der Waals surface area contributed by atoms with Crippen molar-refractivity contribution in [2.75, 3.05) is 18.1 Å². The second-order valence-electron chi connectivity index (χ2n) is 5.82. The molecule has 3 rings (SSSR count). The summed E-state index contributed by atoms with van der Waals surface area (Å²) in [5, 5.41) is 10.2. The lowest BCUT2D eigenvalue weighted by molar-refractivity contribution is -0.0562. The number of rotatable bonds is 5. The molecule has 2 atom stereocenters. The van der Waals surface area contributed by atoms with E-state index < -0.39 is 0 Å². The van der Waals surface area contributed by atoms with Crippen molar-refractivity contribution >= 4 is 23.5 Å². The Labute approximate surface area is 134 Å². The van der Waals surface area contributed by atoms with Crippen molar-refractivity contribution in [3.8, 4) is 0 Å². The van der Waals surface area contributed by atoms with E-state index in [0.717, 1.165) is 49.1 Å². The van der Waals surface area contributed by atoms with Crippen LogP contribution in [0.2, 0.25) is 0 Å². The minimum absolute atomic E-state index is 0.132. The second-order valence-corrected chi connectivity index (χ2v) is 8.19. The maximum Gasteiger partial charge on any atom is 0.191 e. The SMILES string of the molecule is CCCn1c(CN)nnc1SC1CCOC2(CCSC2)C1. The summed E-state index contributed by atoms with van der Waals surface area (Å²) in [6.45, 7) is 4.46. The highest BCUT2D eigenvalue weighted by Crippen LogP contribution is 2.42. The molecule has 0 saturated carbocycles. The van der Waals surface area contributed by atoms with Crippen LogP contribution in [0.4, 0.5) is 0 Å². The molecule has 1 spiro atoms. The summed E-state index contributed by atoms with van der Waals surface area (Å²) in [5.41, 5.74) is 5.90. The molecule has 2 aliphatic rings. The Morgan fingerprint density at radius 2 is 2.43 bits per heavy atom. The van der Waals surface area contributed by atoms with Crippen molar-refractivity contribution in [3.05, 3.63) is 5.82 Å². The van der Waals surface area contributed by atoms with E-state index in [1.807, 2.05) is 23.5 Å². The zero-order valence-corrected chi connectivity index (χ0v) is 14.2. The lowest BCUT2D eigenvalue weighted by Crippen LogP contribution is -2.41. The van der Waals surface area contributed by atoms with Gasteiger partial charge < -0.3 is 15.0 Å². The van der Waals surface area contributed by atoms with Crippen LogP contribution in [-0.2, 0) is 17.8 Å². The van der Waals surface area contributed by atoms with Gasteiger partial charge in [-0.05, 0) is 31.4 Å². The van der Waals surface area contributed by atoms with Gasteiger partial charge in [-0.1, -0.05) is 18.7 Å². The molecule has 21 heavy (non-hydrogen) atoms. The first-order chi connectivity index (χ1) is 10.3. The van der Waals surface area contributed by atoms with E-state index in [-0.39, 0.29) is 5.60 Å². The largest absolute Gasteiger partial charge is 0.374 e. The number of aromatic nitrogens is 3. The first kappa shape index (κ1) is 15.6. The van der Waals surface area contributed by atoms with Crippen molar-refractivity contribution in [1.82, 2.24) is 14.8 Å². The number of ether oxygens (including phenoxy) is 1.